The van der Waals surface area contributed by atoms with Gasteiger partial charge in [-0.1, -0.05) is 18.2 Å². The van der Waals surface area contributed by atoms with Gasteiger partial charge in [-0.3, -0.25) is 4.79 Å². The summed E-state index contributed by atoms with van der Waals surface area (Å²) in [6.45, 7) is 4.99. The summed E-state index contributed by atoms with van der Waals surface area (Å²) in [6.07, 6.45) is 3.97. The van der Waals surface area contributed by atoms with Crippen LogP contribution in [0.1, 0.15) is 11.3 Å². The van der Waals surface area contributed by atoms with Gasteiger partial charge < -0.3 is 18.8 Å². The molecule has 5 nitrogen and oxygen atoms in total. The second kappa shape index (κ2) is 7.25. The van der Waals surface area contributed by atoms with E-state index in [1.807, 2.05) is 30.3 Å². The van der Waals surface area contributed by atoms with Crippen molar-refractivity contribution in [2.75, 3.05) is 20.3 Å². The third-order valence-electron chi connectivity index (χ3n) is 4.11. The second-order valence-electron chi connectivity index (χ2n) is 5.75. The Bertz CT molecular complexity index is 708. The molecule has 0 saturated heterocycles. The van der Waals surface area contributed by atoms with E-state index < -0.39 is 0 Å². The Kier molecular flexibility index (Phi) is 4.89. The third kappa shape index (κ3) is 3.30. The van der Waals surface area contributed by atoms with Gasteiger partial charge in [0.15, 0.2) is 11.5 Å². The lowest BCUT2D eigenvalue weighted by Crippen LogP contribution is -2.40. The molecule has 1 aromatic carbocycles. The van der Waals surface area contributed by atoms with E-state index >= 15 is 0 Å². The van der Waals surface area contributed by atoms with Crippen LogP contribution in [0.15, 0.2) is 53.7 Å². The van der Waals surface area contributed by atoms with Crippen LogP contribution < -0.4 is 9.47 Å². The van der Waals surface area contributed by atoms with Crippen molar-refractivity contribution < 1.29 is 18.7 Å². The standard InChI is InChI=1S/C19H21NO4/c1-3-9-20(12-16-7-5-10-23-16)19(21)15-11-14-6-4-8-17(22-2)18(14)24-13-15/h3-8,10,15H,1,9,11-13H2,2H3. The van der Waals surface area contributed by atoms with Gasteiger partial charge in [-0.05, 0) is 30.2 Å². The molecule has 24 heavy (non-hydrogen) atoms. The van der Waals surface area contributed by atoms with Crippen LogP contribution in [0.4, 0.5) is 0 Å². The van der Waals surface area contributed by atoms with Crippen LogP contribution in [-0.2, 0) is 17.8 Å². The molecular formula is C19H21NO4. The first kappa shape index (κ1) is 16.2. The summed E-state index contributed by atoms with van der Waals surface area (Å²) in [5.74, 6) is 2.02. The zero-order valence-electron chi connectivity index (χ0n) is 13.7. The molecule has 0 saturated carbocycles. The summed E-state index contributed by atoms with van der Waals surface area (Å²) in [4.78, 5) is 14.6. The molecule has 1 aromatic heterocycles. The van der Waals surface area contributed by atoms with Crippen LogP contribution in [0.2, 0.25) is 0 Å². The molecule has 1 amide bonds. The van der Waals surface area contributed by atoms with Gasteiger partial charge in [0, 0.05) is 6.54 Å². The molecule has 0 bridgehead atoms. The fourth-order valence-electron chi connectivity index (χ4n) is 2.95. The molecule has 0 spiro atoms. The minimum atomic E-state index is -0.223. The number of ether oxygens (including phenoxy) is 2. The Hall–Kier alpha value is -2.69. The van der Waals surface area contributed by atoms with Crippen LogP contribution in [0.3, 0.4) is 0 Å². The first-order valence-corrected chi connectivity index (χ1v) is 7.93. The van der Waals surface area contributed by atoms with E-state index in [2.05, 4.69) is 6.58 Å². The van der Waals surface area contributed by atoms with Gasteiger partial charge in [0.05, 0.1) is 25.8 Å². The average Bonchev–Trinajstić information content (AvgIpc) is 3.12. The number of furan rings is 1. The minimum absolute atomic E-state index is 0.0415. The number of hydrogen-bond acceptors (Lipinski definition) is 4. The molecule has 126 valence electrons. The largest absolute Gasteiger partial charge is 0.493 e. The summed E-state index contributed by atoms with van der Waals surface area (Å²) in [5.41, 5.74) is 0.996. The fraction of sp³-hybridized carbons (Fsp3) is 0.316. The first-order valence-electron chi connectivity index (χ1n) is 7.93. The molecule has 0 radical (unpaired) electrons. The molecule has 0 fully saturated rings. The second-order valence-corrected chi connectivity index (χ2v) is 5.75. The molecule has 0 N–H and O–H groups in total. The Morgan fingerprint density at radius 1 is 1.42 bits per heavy atom. The van der Waals surface area contributed by atoms with E-state index in [-0.39, 0.29) is 11.8 Å². The average molecular weight is 327 g/mol. The summed E-state index contributed by atoms with van der Waals surface area (Å²) in [7, 11) is 1.62. The summed E-state index contributed by atoms with van der Waals surface area (Å²) < 4.78 is 16.5. The fourth-order valence-corrected chi connectivity index (χ4v) is 2.95. The maximum Gasteiger partial charge on any atom is 0.230 e. The summed E-state index contributed by atoms with van der Waals surface area (Å²) in [6, 6.07) is 9.43. The lowest BCUT2D eigenvalue weighted by Gasteiger charge is -2.30. The molecule has 0 aliphatic carbocycles. The topological polar surface area (TPSA) is 51.9 Å². The SMILES string of the molecule is C=CCN(Cc1ccco1)C(=O)C1COc2c(cccc2OC)C1. The number of carbonyl (C=O) groups excluding carboxylic acids is 1. The highest BCUT2D eigenvalue weighted by atomic mass is 16.5. The van der Waals surface area contributed by atoms with Gasteiger partial charge in [0.25, 0.3) is 0 Å². The van der Waals surface area contributed by atoms with Crippen molar-refractivity contribution in [3.05, 3.63) is 60.6 Å². The Morgan fingerprint density at radius 3 is 3.00 bits per heavy atom. The van der Waals surface area contributed by atoms with Crippen molar-refractivity contribution in [1.29, 1.82) is 0 Å². The number of para-hydroxylation sites is 1. The number of fused-ring (bicyclic) bond motifs is 1. The highest BCUT2D eigenvalue weighted by Crippen LogP contribution is 2.36. The number of methoxy groups -OCH3 is 1. The maximum absolute atomic E-state index is 12.9. The first-order chi connectivity index (χ1) is 11.7. The highest BCUT2D eigenvalue weighted by molar-refractivity contribution is 5.80. The van der Waals surface area contributed by atoms with Crippen LogP contribution in [0.25, 0.3) is 0 Å². The number of amides is 1. The lowest BCUT2D eigenvalue weighted by atomic mass is 9.95. The van der Waals surface area contributed by atoms with Gasteiger partial charge in [-0.15, -0.1) is 6.58 Å². The lowest BCUT2D eigenvalue weighted by molar-refractivity contribution is -0.137. The van der Waals surface area contributed by atoms with Crippen molar-refractivity contribution >= 4 is 5.91 Å². The van der Waals surface area contributed by atoms with Crippen molar-refractivity contribution in [2.45, 2.75) is 13.0 Å². The monoisotopic (exact) mass is 327 g/mol. The molecule has 5 heteroatoms. The van der Waals surface area contributed by atoms with Gasteiger partial charge >= 0.3 is 0 Å². The predicted molar refractivity (Wildman–Crippen MR) is 90.0 cm³/mol. The van der Waals surface area contributed by atoms with Crippen LogP contribution in [-0.4, -0.2) is 31.1 Å². The zero-order chi connectivity index (χ0) is 16.9. The molecule has 1 atom stereocenters. The maximum atomic E-state index is 12.9. The number of benzene rings is 1. The molecule has 2 heterocycles. The summed E-state index contributed by atoms with van der Waals surface area (Å²) in [5, 5.41) is 0. The third-order valence-corrected chi connectivity index (χ3v) is 4.11. The van der Waals surface area contributed by atoms with Crippen molar-refractivity contribution in [1.82, 2.24) is 4.90 Å². The van der Waals surface area contributed by atoms with E-state index in [0.717, 1.165) is 17.1 Å². The van der Waals surface area contributed by atoms with E-state index in [9.17, 15) is 4.79 Å². The number of hydrogen-bond donors (Lipinski definition) is 0. The number of rotatable bonds is 6. The van der Waals surface area contributed by atoms with Crippen LogP contribution >= 0.6 is 0 Å². The Labute approximate surface area is 141 Å². The molecule has 1 aliphatic heterocycles. The van der Waals surface area contributed by atoms with E-state index in [0.29, 0.717) is 31.9 Å². The van der Waals surface area contributed by atoms with Crippen molar-refractivity contribution in [3.8, 4) is 11.5 Å². The van der Waals surface area contributed by atoms with Gasteiger partial charge in [-0.2, -0.15) is 0 Å². The van der Waals surface area contributed by atoms with E-state index in [1.54, 1.807) is 24.3 Å². The van der Waals surface area contributed by atoms with Crippen LogP contribution in [0, 0.1) is 5.92 Å². The molecule has 2 aromatic rings. The quantitative estimate of drug-likeness (QED) is 0.765. The Morgan fingerprint density at radius 2 is 2.29 bits per heavy atom. The predicted octanol–water partition coefficient (Wildman–Crippen LogP) is 3.05. The Balaban J connectivity index is 1.75. The number of carbonyl (C=O) groups is 1. The summed E-state index contributed by atoms with van der Waals surface area (Å²) >= 11 is 0. The normalized spacial score (nSPS) is 16.0. The molecule has 1 unspecified atom stereocenters. The minimum Gasteiger partial charge on any atom is -0.493 e. The zero-order valence-corrected chi connectivity index (χ0v) is 13.7. The number of nitrogens with zero attached hydrogens (tertiary/aromatic N) is 1. The molecule has 1 aliphatic rings. The van der Waals surface area contributed by atoms with Crippen LogP contribution in [0.5, 0.6) is 11.5 Å². The molecule has 3 rings (SSSR count). The van der Waals surface area contributed by atoms with E-state index in [1.165, 1.54) is 0 Å². The van der Waals surface area contributed by atoms with Gasteiger partial charge in [0.1, 0.15) is 12.4 Å². The van der Waals surface area contributed by atoms with Gasteiger partial charge in [-0.25, -0.2) is 0 Å². The highest BCUT2D eigenvalue weighted by Gasteiger charge is 2.30. The van der Waals surface area contributed by atoms with Crippen molar-refractivity contribution in [3.63, 3.8) is 0 Å². The van der Waals surface area contributed by atoms with E-state index in [4.69, 9.17) is 13.9 Å². The van der Waals surface area contributed by atoms with Gasteiger partial charge in [0.2, 0.25) is 5.91 Å². The molecular weight excluding hydrogens is 306 g/mol. The smallest absolute Gasteiger partial charge is 0.230 e. The van der Waals surface area contributed by atoms with Crippen molar-refractivity contribution in [2.24, 2.45) is 5.92 Å².